The Bertz CT molecular complexity index is 330. The molecule has 0 aliphatic carbocycles. The summed E-state index contributed by atoms with van der Waals surface area (Å²) in [7, 11) is 0.691. The molecule has 0 fully saturated rings. The van der Waals surface area contributed by atoms with Gasteiger partial charge in [0.15, 0.2) is 0 Å². The molecular formula is C8H14N3O2P. The molecule has 0 aliphatic heterocycles. The van der Waals surface area contributed by atoms with E-state index in [1.54, 1.807) is 6.92 Å². The lowest BCUT2D eigenvalue weighted by molar-refractivity contribution is 0.153. The highest BCUT2D eigenvalue weighted by Gasteiger charge is 2.20. The van der Waals surface area contributed by atoms with E-state index in [0.717, 1.165) is 5.43 Å². The molecule has 5 nitrogen and oxygen atoms in total. The van der Waals surface area contributed by atoms with Crippen LogP contribution in [0.4, 0.5) is 4.79 Å². The third-order valence-electron chi connectivity index (χ3n) is 1.52. The summed E-state index contributed by atoms with van der Waals surface area (Å²) in [6.07, 6.45) is -0.447. The minimum Gasteiger partial charge on any atom is -0.448 e. The number of hydrogen-bond acceptors (Lipinski definition) is 4. The first-order valence-electron chi connectivity index (χ1n) is 4.42. The maximum atomic E-state index is 11.2. The summed E-state index contributed by atoms with van der Waals surface area (Å²) in [5.74, 6) is 0. The van der Waals surface area contributed by atoms with Gasteiger partial charge in [0, 0.05) is 5.41 Å². The third kappa shape index (κ3) is 2.51. The molecule has 0 saturated carbocycles. The van der Waals surface area contributed by atoms with E-state index in [9.17, 15) is 4.79 Å². The van der Waals surface area contributed by atoms with E-state index < -0.39 is 6.09 Å². The topological polar surface area (TPSA) is 57.0 Å². The Morgan fingerprint density at radius 3 is 2.64 bits per heavy atom. The zero-order valence-corrected chi connectivity index (χ0v) is 9.71. The van der Waals surface area contributed by atoms with Crippen LogP contribution in [-0.4, -0.2) is 27.5 Å². The van der Waals surface area contributed by atoms with E-state index >= 15 is 0 Å². The molecule has 1 rings (SSSR count). The Morgan fingerprint density at radius 2 is 2.21 bits per heavy atom. The largest absolute Gasteiger partial charge is 0.448 e. The smallest absolute Gasteiger partial charge is 0.439 e. The molecular weight excluding hydrogens is 201 g/mol. The van der Waals surface area contributed by atoms with Gasteiger partial charge in [-0.05, 0) is 6.92 Å². The van der Waals surface area contributed by atoms with Crippen LogP contribution in [0.15, 0.2) is 0 Å². The predicted octanol–water partition coefficient (Wildman–Crippen LogP) is 2.16. The van der Waals surface area contributed by atoms with Crippen LogP contribution in [0.1, 0.15) is 33.1 Å². The fourth-order valence-corrected chi connectivity index (χ4v) is 1.55. The number of carbonyl (C=O) groups excluding carboxylic acids is 1. The molecule has 6 heteroatoms. The van der Waals surface area contributed by atoms with Crippen molar-refractivity contribution in [2.45, 2.75) is 33.1 Å². The summed E-state index contributed by atoms with van der Waals surface area (Å²) in [5.41, 5.74) is 0.803. The van der Waals surface area contributed by atoms with Crippen molar-refractivity contribution in [3.05, 3.63) is 5.43 Å². The van der Waals surface area contributed by atoms with E-state index in [1.807, 2.05) is 20.8 Å². The van der Waals surface area contributed by atoms with E-state index in [1.165, 1.54) is 4.44 Å². The van der Waals surface area contributed by atoms with Crippen LogP contribution in [0.2, 0.25) is 0 Å². The maximum Gasteiger partial charge on any atom is 0.439 e. The Kier molecular flexibility index (Phi) is 3.21. The molecule has 0 N–H and O–H groups in total. The Labute approximate surface area is 84.6 Å². The third-order valence-corrected chi connectivity index (χ3v) is 2.90. The van der Waals surface area contributed by atoms with Crippen LogP contribution in [-0.2, 0) is 10.2 Å². The van der Waals surface area contributed by atoms with Gasteiger partial charge in [-0.25, -0.2) is 4.79 Å². The maximum absolute atomic E-state index is 11.2. The summed E-state index contributed by atoms with van der Waals surface area (Å²) in [5, 5.41) is 7.68. The first-order chi connectivity index (χ1) is 6.45. The van der Waals surface area contributed by atoms with Crippen molar-refractivity contribution in [3.8, 4) is 0 Å². The van der Waals surface area contributed by atoms with Gasteiger partial charge in [-0.15, -0.1) is 9.54 Å². The van der Waals surface area contributed by atoms with Gasteiger partial charge in [0.1, 0.15) is 5.43 Å². The summed E-state index contributed by atoms with van der Waals surface area (Å²) >= 11 is 0. The lowest BCUT2D eigenvalue weighted by Crippen LogP contribution is -2.11. The Balaban J connectivity index is 2.83. The van der Waals surface area contributed by atoms with Crippen LogP contribution < -0.4 is 0 Å². The second-order valence-corrected chi connectivity index (χ2v) is 4.85. The molecule has 0 aromatic carbocycles. The molecule has 0 bridgehead atoms. The molecule has 0 spiro atoms. The van der Waals surface area contributed by atoms with Crippen LogP contribution in [0.25, 0.3) is 0 Å². The highest BCUT2D eigenvalue weighted by Crippen LogP contribution is 2.26. The second kappa shape index (κ2) is 4.05. The molecule has 1 aromatic heterocycles. The zero-order chi connectivity index (χ0) is 10.8. The van der Waals surface area contributed by atoms with Crippen molar-refractivity contribution in [3.63, 3.8) is 0 Å². The predicted molar refractivity (Wildman–Crippen MR) is 53.7 cm³/mol. The van der Waals surface area contributed by atoms with Gasteiger partial charge in [-0.1, -0.05) is 26.0 Å². The first kappa shape index (κ1) is 11.1. The fraction of sp³-hybridized carbons (Fsp3) is 0.750. The van der Waals surface area contributed by atoms with Crippen molar-refractivity contribution < 1.29 is 9.53 Å². The molecule has 0 aliphatic rings. The minimum atomic E-state index is -0.447. The average molecular weight is 215 g/mol. The van der Waals surface area contributed by atoms with Gasteiger partial charge < -0.3 is 4.74 Å². The molecule has 78 valence electrons. The van der Waals surface area contributed by atoms with E-state index in [-0.39, 0.29) is 5.41 Å². The monoisotopic (exact) mass is 215 g/mol. The molecule has 0 radical (unpaired) electrons. The number of ether oxygens (including phenoxy) is 1. The summed E-state index contributed by atoms with van der Waals surface area (Å²) < 4.78 is 6.01. The first-order valence-corrected chi connectivity index (χ1v) is 5.27. The number of carbonyl (C=O) groups is 1. The van der Waals surface area contributed by atoms with Crippen LogP contribution in [0, 0.1) is 0 Å². The van der Waals surface area contributed by atoms with Crippen LogP contribution in [0.3, 0.4) is 0 Å². The van der Waals surface area contributed by atoms with Gasteiger partial charge in [0.05, 0.1) is 15.0 Å². The van der Waals surface area contributed by atoms with Gasteiger partial charge in [-0.3, -0.25) is 0 Å². The number of hydrogen-bond donors (Lipinski definition) is 0. The molecule has 1 aromatic rings. The van der Waals surface area contributed by atoms with Crippen molar-refractivity contribution in [2.75, 3.05) is 6.61 Å². The average Bonchev–Trinajstić information content (AvgIpc) is 2.51. The van der Waals surface area contributed by atoms with E-state index in [2.05, 4.69) is 10.3 Å². The summed E-state index contributed by atoms with van der Waals surface area (Å²) in [4.78, 5) is 11.2. The molecule has 14 heavy (non-hydrogen) atoms. The summed E-state index contributed by atoms with van der Waals surface area (Å²) in [6.45, 7) is 8.20. The minimum absolute atomic E-state index is 0.0632. The molecule has 1 heterocycles. The van der Waals surface area contributed by atoms with E-state index in [4.69, 9.17) is 4.74 Å². The van der Waals surface area contributed by atoms with Gasteiger partial charge in [0.25, 0.3) is 0 Å². The number of nitrogens with zero attached hydrogens (tertiary/aromatic N) is 3. The lowest BCUT2D eigenvalue weighted by atomic mass is 9.98. The fourth-order valence-electron chi connectivity index (χ4n) is 0.773. The molecule has 0 unspecified atom stereocenters. The molecule has 0 amide bonds. The van der Waals surface area contributed by atoms with Crippen molar-refractivity contribution >= 4 is 14.4 Å². The SMILES string of the molecule is CCOC(=O)n1nnc(C(C)(C)C)p1. The Hall–Kier alpha value is -0.960. The van der Waals surface area contributed by atoms with Gasteiger partial charge in [-0.2, -0.15) is 0 Å². The van der Waals surface area contributed by atoms with Crippen molar-refractivity contribution in [1.82, 2.24) is 14.8 Å². The Morgan fingerprint density at radius 1 is 1.57 bits per heavy atom. The highest BCUT2D eigenvalue weighted by molar-refractivity contribution is 7.27. The quantitative estimate of drug-likeness (QED) is 0.720. The van der Waals surface area contributed by atoms with Crippen LogP contribution >= 0.6 is 8.35 Å². The summed E-state index contributed by atoms with van der Waals surface area (Å²) in [6, 6.07) is 0. The van der Waals surface area contributed by atoms with Gasteiger partial charge in [0.2, 0.25) is 0 Å². The second-order valence-electron chi connectivity index (χ2n) is 3.85. The van der Waals surface area contributed by atoms with Crippen molar-refractivity contribution in [2.24, 2.45) is 0 Å². The van der Waals surface area contributed by atoms with E-state index in [0.29, 0.717) is 15.0 Å². The highest BCUT2D eigenvalue weighted by atomic mass is 31.0. The van der Waals surface area contributed by atoms with Gasteiger partial charge >= 0.3 is 6.09 Å². The molecule has 0 atom stereocenters. The van der Waals surface area contributed by atoms with Crippen molar-refractivity contribution in [1.29, 1.82) is 0 Å². The normalized spacial score (nSPS) is 12.0. The lowest BCUT2D eigenvalue weighted by Gasteiger charge is -2.11. The number of rotatable bonds is 1. The zero-order valence-electron chi connectivity index (χ0n) is 8.81. The van der Waals surface area contributed by atoms with Crippen LogP contribution in [0.5, 0.6) is 0 Å². The molecule has 0 saturated heterocycles. The number of aromatic nitrogens is 3. The standard InChI is InChI=1S/C8H14N3O2P/c1-5-13-7(12)11-10-9-6(14-11)8(2,3)4/h5H2,1-4H3.